The van der Waals surface area contributed by atoms with Crippen molar-refractivity contribution in [3.05, 3.63) is 40.2 Å². The Bertz CT molecular complexity index is 595. The van der Waals surface area contributed by atoms with Gasteiger partial charge in [0.2, 0.25) is 0 Å². The van der Waals surface area contributed by atoms with Gasteiger partial charge in [0.1, 0.15) is 5.69 Å². The number of thiophene rings is 1. The Morgan fingerprint density at radius 1 is 1.41 bits per heavy atom. The third-order valence-corrected chi connectivity index (χ3v) is 2.93. The molecule has 2 N–H and O–H groups in total. The van der Waals surface area contributed by atoms with E-state index in [1.54, 1.807) is 0 Å². The first-order valence-electron chi connectivity index (χ1n) is 4.45. The van der Waals surface area contributed by atoms with Crippen molar-refractivity contribution < 1.29 is 9.72 Å². The van der Waals surface area contributed by atoms with Crippen molar-refractivity contribution in [1.82, 2.24) is 9.97 Å². The monoisotopic (exact) mass is 250 g/mol. The molecule has 0 spiro atoms. The second kappa shape index (κ2) is 4.26. The molecule has 0 aromatic carbocycles. The zero-order valence-corrected chi connectivity index (χ0v) is 9.18. The summed E-state index contributed by atoms with van der Waals surface area (Å²) < 4.78 is 0. The van der Waals surface area contributed by atoms with E-state index in [4.69, 9.17) is 5.73 Å². The zero-order valence-electron chi connectivity index (χ0n) is 8.36. The number of hydrogen-bond donors (Lipinski definition) is 1. The Morgan fingerprint density at radius 3 is 2.76 bits per heavy atom. The first-order chi connectivity index (χ1) is 8.08. The van der Waals surface area contributed by atoms with Crippen LogP contribution in [0.1, 0.15) is 10.5 Å². The summed E-state index contributed by atoms with van der Waals surface area (Å²) in [5.74, 6) is -0.417. The van der Waals surface area contributed by atoms with Crippen molar-refractivity contribution in [2.24, 2.45) is 5.73 Å². The molecule has 0 radical (unpaired) electrons. The Kier molecular flexibility index (Phi) is 2.79. The van der Waals surface area contributed by atoms with Gasteiger partial charge in [0.25, 0.3) is 5.91 Å². The van der Waals surface area contributed by atoms with Gasteiger partial charge in [0.15, 0.2) is 5.82 Å². The highest BCUT2D eigenvalue weighted by atomic mass is 32.1. The van der Waals surface area contributed by atoms with Crippen LogP contribution in [0.15, 0.2) is 24.4 Å². The van der Waals surface area contributed by atoms with E-state index >= 15 is 0 Å². The van der Waals surface area contributed by atoms with Gasteiger partial charge in [-0.25, -0.2) is 9.97 Å². The van der Waals surface area contributed by atoms with E-state index < -0.39 is 10.8 Å². The lowest BCUT2D eigenvalue weighted by molar-refractivity contribution is -0.380. The SMILES string of the molecule is NC(=O)c1ccnc(-c2ccc([N+](=O)[O-])s2)n1. The molecule has 0 aliphatic carbocycles. The molecule has 0 atom stereocenters. The molecule has 86 valence electrons. The van der Waals surface area contributed by atoms with Crippen LogP contribution in [-0.4, -0.2) is 20.8 Å². The molecule has 0 aliphatic rings. The number of amides is 1. The summed E-state index contributed by atoms with van der Waals surface area (Å²) in [5, 5.41) is 10.5. The van der Waals surface area contributed by atoms with Crippen molar-refractivity contribution in [2.75, 3.05) is 0 Å². The average Bonchev–Trinajstić information content (AvgIpc) is 2.78. The van der Waals surface area contributed by atoms with E-state index in [1.807, 2.05) is 0 Å². The number of nitro groups is 1. The summed E-state index contributed by atoms with van der Waals surface area (Å²) in [4.78, 5) is 29.3. The zero-order chi connectivity index (χ0) is 12.4. The molecule has 7 nitrogen and oxygen atoms in total. The molecule has 2 aromatic rings. The first kappa shape index (κ1) is 11.1. The van der Waals surface area contributed by atoms with Gasteiger partial charge in [0.05, 0.1) is 9.80 Å². The average molecular weight is 250 g/mol. The van der Waals surface area contributed by atoms with Gasteiger partial charge in [0, 0.05) is 12.3 Å². The predicted molar refractivity (Wildman–Crippen MR) is 60.5 cm³/mol. The van der Waals surface area contributed by atoms with Crippen LogP contribution < -0.4 is 5.73 Å². The van der Waals surface area contributed by atoms with Crippen molar-refractivity contribution in [3.63, 3.8) is 0 Å². The molecule has 0 saturated heterocycles. The molecular weight excluding hydrogens is 244 g/mol. The number of primary amides is 1. The second-order valence-electron chi connectivity index (χ2n) is 3.02. The number of carbonyl (C=O) groups is 1. The van der Waals surface area contributed by atoms with Crippen LogP contribution >= 0.6 is 11.3 Å². The highest BCUT2D eigenvalue weighted by molar-refractivity contribution is 7.18. The molecule has 1 amide bonds. The first-order valence-corrected chi connectivity index (χ1v) is 5.27. The molecule has 0 unspecified atom stereocenters. The number of nitrogens with zero attached hydrogens (tertiary/aromatic N) is 3. The standard InChI is InChI=1S/C9H6N4O3S/c10-8(14)5-3-4-11-9(12-5)6-1-2-7(17-6)13(15)16/h1-4H,(H2,10,14). The number of carbonyl (C=O) groups excluding carboxylic acids is 1. The fourth-order valence-corrected chi connectivity index (χ4v) is 1.92. The summed E-state index contributed by atoms with van der Waals surface area (Å²) in [5.41, 5.74) is 5.16. The number of rotatable bonds is 3. The minimum Gasteiger partial charge on any atom is -0.364 e. The van der Waals surface area contributed by atoms with Crippen LogP contribution in [0.25, 0.3) is 10.7 Å². The number of nitrogens with two attached hydrogens (primary N) is 1. The van der Waals surface area contributed by atoms with Crippen molar-refractivity contribution >= 4 is 22.2 Å². The van der Waals surface area contributed by atoms with Crippen LogP contribution in [0.5, 0.6) is 0 Å². The molecule has 2 aromatic heterocycles. The van der Waals surface area contributed by atoms with Crippen molar-refractivity contribution in [1.29, 1.82) is 0 Å². The molecule has 0 fully saturated rings. The highest BCUT2D eigenvalue weighted by Gasteiger charge is 2.13. The molecule has 17 heavy (non-hydrogen) atoms. The number of hydrogen-bond acceptors (Lipinski definition) is 6. The summed E-state index contributed by atoms with van der Waals surface area (Å²) in [7, 11) is 0. The fraction of sp³-hybridized carbons (Fsp3) is 0. The quantitative estimate of drug-likeness (QED) is 0.649. The molecular formula is C9H6N4O3S. The van der Waals surface area contributed by atoms with E-state index in [1.165, 1.54) is 24.4 Å². The Balaban J connectivity index is 2.42. The van der Waals surface area contributed by atoms with Crippen LogP contribution in [0.3, 0.4) is 0 Å². The summed E-state index contributed by atoms with van der Waals surface area (Å²) in [6.45, 7) is 0. The van der Waals surface area contributed by atoms with Gasteiger partial charge in [-0.1, -0.05) is 11.3 Å². The van der Waals surface area contributed by atoms with E-state index in [-0.39, 0.29) is 16.5 Å². The Labute approximate surface area is 99.1 Å². The third-order valence-electron chi connectivity index (χ3n) is 1.90. The smallest absolute Gasteiger partial charge is 0.324 e. The van der Waals surface area contributed by atoms with E-state index in [9.17, 15) is 14.9 Å². The lowest BCUT2D eigenvalue weighted by atomic mass is 10.3. The molecule has 8 heteroatoms. The number of aromatic nitrogens is 2. The van der Waals surface area contributed by atoms with Crippen LogP contribution in [0.4, 0.5) is 5.00 Å². The van der Waals surface area contributed by atoms with Gasteiger partial charge < -0.3 is 5.73 Å². The lowest BCUT2D eigenvalue weighted by Gasteiger charge is -1.97. The van der Waals surface area contributed by atoms with E-state index in [2.05, 4.69) is 9.97 Å². The fourth-order valence-electron chi connectivity index (χ4n) is 1.16. The van der Waals surface area contributed by atoms with Crippen LogP contribution in [0.2, 0.25) is 0 Å². The van der Waals surface area contributed by atoms with E-state index in [0.29, 0.717) is 4.88 Å². The maximum Gasteiger partial charge on any atom is 0.324 e. The maximum atomic E-state index is 10.9. The van der Waals surface area contributed by atoms with Gasteiger partial charge in [-0.3, -0.25) is 14.9 Å². The molecule has 2 heterocycles. The molecule has 0 aliphatic heterocycles. The second-order valence-corrected chi connectivity index (χ2v) is 4.09. The van der Waals surface area contributed by atoms with E-state index in [0.717, 1.165) is 11.3 Å². The summed E-state index contributed by atoms with van der Waals surface area (Å²) in [6, 6.07) is 4.27. The van der Waals surface area contributed by atoms with Gasteiger partial charge >= 0.3 is 5.00 Å². The minimum absolute atomic E-state index is 0.00641. The highest BCUT2D eigenvalue weighted by Crippen LogP contribution is 2.30. The van der Waals surface area contributed by atoms with Crippen LogP contribution in [0, 0.1) is 10.1 Å². The maximum absolute atomic E-state index is 10.9. The normalized spacial score (nSPS) is 10.1. The molecule has 2 rings (SSSR count). The lowest BCUT2D eigenvalue weighted by Crippen LogP contribution is -2.13. The van der Waals surface area contributed by atoms with Gasteiger partial charge in [-0.15, -0.1) is 0 Å². The van der Waals surface area contributed by atoms with Crippen molar-refractivity contribution in [3.8, 4) is 10.7 Å². The summed E-state index contributed by atoms with van der Waals surface area (Å²) >= 11 is 0.938. The predicted octanol–water partition coefficient (Wildman–Crippen LogP) is 1.21. The Morgan fingerprint density at radius 2 is 2.18 bits per heavy atom. The Hall–Kier alpha value is -2.35. The van der Waals surface area contributed by atoms with Gasteiger partial charge in [-0.05, 0) is 12.1 Å². The largest absolute Gasteiger partial charge is 0.364 e. The topological polar surface area (TPSA) is 112 Å². The minimum atomic E-state index is -0.667. The summed E-state index contributed by atoms with van der Waals surface area (Å²) in [6.07, 6.45) is 1.38. The third kappa shape index (κ3) is 2.26. The van der Waals surface area contributed by atoms with Crippen LogP contribution in [-0.2, 0) is 0 Å². The molecule has 0 saturated carbocycles. The van der Waals surface area contributed by atoms with Gasteiger partial charge in [-0.2, -0.15) is 0 Å². The molecule has 0 bridgehead atoms. The van der Waals surface area contributed by atoms with Crippen molar-refractivity contribution in [2.45, 2.75) is 0 Å².